The lowest BCUT2D eigenvalue weighted by molar-refractivity contribution is -0.0384. The van der Waals surface area contributed by atoms with E-state index >= 15 is 0 Å². The molecule has 3 aromatic rings. The molecule has 1 N–H and O–H groups in total. The zero-order chi connectivity index (χ0) is 25.2. The van der Waals surface area contributed by atoms with Gasteiger partial charge in [0.2, 0.25) is 5.92 Å². The average molecular weight is 484 g/mol. The topological polar surface area (TPSA) is 67.8 Å². The van der Waals surface area contributed by atoms with Gasteiger partial charge in [0.15, 0.2) is 5.82 Å². The van der Waals surface area contributed by atoms with Gasteiger partial charge in [-0.2, -0.15) is 0 Å². The smallest absolute Gasteiger partial charge is 0.258 e. The van der Waals surface area contributed by atoms with E-state index < -0.39 is 23.5 Å². The Balaban J connectivity index is 1.75. The van der Waals surface area contributed by atoms with Gasteiger partial charge in [0.05, 0.1) is 16.9 Å². The molecular weight excluding hydrogens is 460 g/mol. The number of alkyl halides is 2. The van der Waals surface area contributed by atoms with Crippen LogP contribution in [0.2, 0.25) is 0 Å². The van der Waals surface area contributed by atoms with Crippen LogP contribution in [0.4, 0.5) is 23.2 Å². The van der Waals surface area contributed by atoms with Crippen LogP contribution in [0, 0.1) is 11.6 Å². The molecule has 1 aliphatic carbocycles. The molecule has 0 bridgehead atoms. The van der Waals surface area contributed by atoms with Crippen molar-refractivity contribution in [3.05, 3.63) is 77.1 Å². The number of nitrogens with one attached hydrogen (secondary N) is 1. The molecule has 1 aliphatic rings. The number of nitrogens with zero attached hydrogens (tertiary/aromatic N) is 3. The van der Waals surface area contributed by atoms with E-state index in [1.807, 2.05) is 13.8 Å². The molecule has 0 aliphatic heterocycles. The Morgan fingerprint density at radius 3 is 2.37 bits per heavy atom. The first kappa shape index (κ1) is 24.5. The first-order valence-electron chi connectivity index (χ1n) is 11.2. The Kier molecular flexibility index (Phi) is 6.95. The number of hydrogen-bond donors (Lipinski definition) is 1. The van der Waals surface area contributed by atoms with Crippen LogP contribution in [-0.2, 0) is 0 Å². The van der Waals surface area contributed by atoms with E-state index in [2.05, 4.69) is 20.3 Å². The van der Waals surface area contributed by atoms with E-state index in [0.29, 0.717) is 11.5 Å². The second kappa shape index (κ2) is 9.93. The van der Waals surface area contributed by atoms with E-state index in [1.165, 1.54) is 24.7 Å². The molecule has 0 atom stereocenters. The zero-order valence-electron chi connectivity index (χ0n) is 19.3. The highest BCUT2D eigenvalue weighted by atomic mass is 19.3. The van der Waals surface area contributed by atoms with Crippen LogP contribution in [0.5, 0.6) is 0 Å². The van der Waals surface area contributed by atoms with E-state index in [-0.39, 0.29) is 54.0 Å². The van der Waals surface area contributed by atoms with Gasteiger partial charge in [0.1, 0.15) is 11.6 Å². The lowest BCUT2D eigenvalue weighted by Gasteiger charge is -2.29. The molecule has 1 saturated carbocycles. The fraction of sp³-hybridized carbons (Fsp3) is 0.308. The van der Waals surface area contributed by atoms with E-state index in [9.17, 15) is 22.4 Å². The van der Waals surface area contributed by atoms with Crippen LogP contribution in [0.25, 0.3) is 17.2 Å². The summed E-state index contributed by atoms with van der Waals surface area (Å²) < 4.78 is 56.2. The first-order valence-corrected chi connectivity index (χ1v) is 11.2. The second-order valence-electron chi connectivity index (χ2n) is 8.88. The molecule has 0 spiro atoms. The summed E-state index contributed by atoms with van der Waals surface area (Å²) in [6.45, 7) is 3.78. The number of anilines is 1. The van der Waals surface area contributed by atoms with Crippen LogP contribution >= 0.6 is 0 Å². The minimum atomic E-state index is -2.75. The van der Waals surface area contributed by atoms with Gasteiger partial charge < -0.3 is 5.32 Å². The molecule has 2 heterocycles. The molecule has 0 radical (unpaired) electrons. The minimum Gasteiger partial charge on any atom is -0.320 e. The molecule has 35 heavy (non-hydrogen) atoms. The maximum absolute atomic E-state index is 14.7. The molecule has 0 unspecified atom stereocenters. The number of carbonyl (C=O) groups excluding carboxylic acids is 1. The van der Waals surface area contributed by atoms with Crippen molar-refractivity contribution in [3.8, 4) is 11.1 Å². The van der Waals surface area contributed by atoms with Gasteiger partial charge >= 0.3 is 0 Å². The average Bonchev–Trinajstić information content (AvgIpc) is 2.81. The quantitative estimate of drug-likeness (QED) is 0.405. The third kappa shape index (κ3) is 5.72. The largest absolute Gasteiger partial charge is 0.320 e. The molecule has 1 aromatic carbocycles. The number of aromatic nitrogens is 3. The van der Waals surface area contributed by atoms with E-state index in [1.54, 1.807) is 6.08 Å². The maximum atomic E-state index is 14.7. The third-order valence-electron chi connectivity index (χ3n) is 5.89. The van der Waals surface area contributed by atoms with Gasteiger partial charge in [-0.3, -0.25) is 9.78 Å². The highest BCUT2D eigenvalue weighted by Gasteiger charge is 2.37. The summed E-state index contributed by atoms with van der Waals surface area (Å²) in [4.78, 5) is 25.8. The predicted octanol–water partition coefficient (Wildman–Crippen LogP) is 6.79. The molecule has 1 amide bonds. The number of benzene rings is 1. The SMILES string of the molecule is CC(C)=Cc1ncc(C(=O)Nc2c(-c3cc(F)ccc3F)ccnc2C2CCC(F)(F)CC2)cn1. The Hall–Kier alpha value is -3.62. The molecule has 2 aromatic heterocycles. The van der Waals surface area contributed by atoms with Crippen molar-refractivity contribution in [2.45, 2.75) is 51.4 Å². The van der Waals surface area contributed by atoms with Gasteiger partial charge in [-0.25, -0.2) is 27.5 Å². The number of amides is 1. The van der Waals surface area contributed by atoms with Crippen LogP contribution in [-0.4, -0.2) is 26.8 Å². The number of rotatable bonds is 5. The normalized spacial score (nSPS) is 15.5. The van der Waals surface area contributed by atoms with Crippen LogP contribution in [0.1, 0.15) is 67.3 Å². The summed E-state index contributed by atoms with van der Waals surface area (Å²) in [5, 5.41) is 2.75. The molecule has 1 fully saturated rings. The van der Waals surface area contributed by atoms with Crippen molar-refractivity contribution in [2.75, 3.05) is 5.32 Å². The fourth-order valence-corrected chi connectivity index (χ4v) is 4.13. The second-order valence-corrected chi connectivity index (χ2v) is 8.88. The van der Waals surface area contributed by atoms with Crippen molar-refractivity contribution < 1.29 is 22.4 Å². The number of carbonyl (C=O) groups is 1. The van der Waals surface area contributed by atoms with Crippen molar-refractivity contribution in [2.24, 2.45) is 0 Å². The third-order valence-corrected chi connectivity index (χ3v) is 5.89. The Morgan fingerprint density at radius 1 is 1.03 bits per heavy atom. The summed E-state index contributed by atoms with van der Waals surface area (Å²) in [5.74, 6) is -4.62. The summed E-state index contributed by atoms with van der Waals surface area (Å²) in [6.07, 6.45) is 5.56. The molecular formula is C26H24F4N4O. The minimum absolute atomic E-state index is 0.0692. The zero-order valence-corrected chi connectivity index (χ0v) is 19.3. The van der Waals surface area contributed by atoms with Crippen molar-refractivity contribution in [1.29, 1.82) is 0 Å². The summed E-state index contributed by atoms with van der Waals surface area (Å²) in [6, 6.07) is 4.47. The van der Waals surface area contributed by atoms with Gasteiger partial charge in [-0.05, 0) is 57.0 Å². The number of pyridine rings is 1. The lowest BCUT2D eigenvalue weighted by Crippen LogP contribution is -2.25. The number of allylic oxidation sites excluding steroid dienone is 1. The summed E-state index contributed by atoms with van der Waals surface area (Å²) in [7, 11) is 0. The summed E-state index contributed by atoms with van der Waals surface area (Å²) >= 11 is 0. The van der Waals surface area contributed by atoms with Gasteiger partial charge in [-0.1, -0.05) is 5.57 Å². The molecule has 5 nitrogen and oxygen atoms in total. The molecule has 9 heteroatoms. The van der Waals surface area contributed by atoms with Gasteiger partial charge in [0, 0.05) is 48.5 Å². The van der Waals surface area contributed by atoms with Crippen LogP contribution in [0.15, 0.2) is 48.4 Å². The highest BCUT2D eigenvalue weighted by Crippen LogP contribution is 2.44. The monoisotopic (exact) mass is 484 g/mol. The fourth-order valence-electron chi connectivity index (χ4n) is 4.13. The van der Waals surface area contributed by atoms with Crippen LogP contribution < -0.4 is 5.32 Å². The van der Waals surface area contributed by atoms with Crippen molar-refractivity contribution in [1.82, 2.24) is 15.0 Å². The first-order chi connectivity index (χ1) is 16.6. The van der Waals surface area contributed by atoms with Gasteiger partial charge in [-0.15, -0.1) is 0 Å². The highest BCUT2D eigenvalue weighted by molar-refractivity contribution is 6.06. The molecule has 4 rings (SSSR count). The lowest BCUT2D eigenvalue weighted by atomic mass is 9.83. The molecule has 0 saturated heterocycles. The Labute approximate surface area is 200 Å². The van der Waals surface area contributed by atoms with Gasteiger partial charge in [0.25, 0.3) is 5.91 Å². The van der Waals surface area contributed by atoms with E-state index in [4.69, 9.17) is 0 Å². The number of halogens is 4. The number of hydrogen-bond acceptors (Lipinski definition) is 4. The Morgan fingerprint density at radius 2 is 1.71 bits per heavy atom. The predicted molar refractivity (Wildman–Crippen MR) is 125 cm³/mol. The van der Waals surface area contributed by atoms with E-state index in [0.717, 1.165) is 23.8 Å². The van der Waals surface area contributed by atoms with Crippen molar-refractivity contribution in [3.63, 3.8) is 0 Å². The Bertz CT molecular complexity index is 1260. The molecule has 182 valence electrons. The summed E-state index contributed by atoms with van der Waals surface area (Å²) in [5.41, 5.74) is 1.79. The van der Waals surface area contributed by atoms with Crippen molar-refractivity contribution >= 4 is 17.7 Å². The van der Waals surface area contributed by atoms with Crippen LogP contribution in [0.3, 0.4) is 0 Å². The standard InChI is InChI=1S/C26H24F4N4O/c1-15(2)11-22-32-13-17(14-33-22)25(35)34-24-19(20-12-18(27)3-4-21(20)28)7-10-31-23(24)16-5-8-26(29,30)9-6-16/h3-4,7,10-14,16H,5-6,8-9H2,1-2H3,(H,34,35). The maximum Gasteiger partial charge on any atom is 0.258 e.